The Morgan fingerprint density at radius 1 is 1.13 bits per heavy atom. The van der Waals surface area contributed by atoms with Crippen molar-refractivity contribution in [2.45, 2.75) is 19.6 Å². The number of halogens is 1. The first kappa shape index (κ1) is 15.6. The monoisotopic (exact) mass is 313 g/mol. The van der Waals surface area contributed by atoms with Crippen molar-refractivity contribution in [2.24, 2.45) is 5.73 Å². The van der Waals surface area contributed by atoms with Crippen LogP contribution in [-0.4, -0.2) is 23.9 Å². The van der Waals surface area contributed by atoms with Crippen molar-refractivity contribution < 1.29 is 9.18 Å². The summed E-state index contributed by atoms with van der Waals surface area (Å²) >= 11 is 0. The number of carbonyl (C=O) groups excluding carboxylic acids is 1. The molecule has 0 unspecified atom stereocenters. The molecule has 0 saturated heterocycles. The van der Waals surface area contributed by atoms with Gasteiger partial charge in [-0.1, -0.05) is 18.2 Å². The van der Waals surface area contributed by atoms with E-state index in [0.29, 0.717) is 18.7 Å². The number of hydrogen-bond acceptors (Lipinski definition) is 3. The molecule has 0 fully saturated rings. The standard InChI is InChI=1S/C18H20FN3O/c19-17-5-1-13(2-6-17)10-22-11-15-4-3-14(9-16(15)12-22)18(23)21-8-7-20/h1-6,9H,7-8,10-12,20H2,(H,21,23). The van der Waals surface area contributed by atoms with Gasteiger partial charge >= 0.3 is 0 Å². The highest BCUT2D eigenvalue weighted by atomic mass is 19.1. The van der Waals surface area contributed by atoms with Gasteiger partial charge in [0.2, 0.25) is 0 Å². The third-order valence-electron chi connectivity index (χ3n) is 4.01. The first-order valence-electron chi connectivity index (χ1n) is 7.72. The molecule has 1 amide bonds. The number of rotatable bonds is 5. The minimum absolute atomic E-state index is 0.0877. The number of nitrogens with zero attached hydrogens (tertiary/aromatic N) is 1. The lowest BCUT2D eigenvalue weighted by Gasteiger charge is -2.14. The Hall–Kier alpha value is -2.24. The van der Waals surface area contributed by atoms with Gasteiger partial charge in [0.15, 0.2) is 0 Å². The molecular formula is C18H20FN3O. The van der Waals surface area contributed by atoms with Gasteiger partial charge in [0.1, 0.15) is 5.82 Å². The van der Waals surface area contributed by atoms with Gasteiger partial charge in [0.05, 0.1) is 0 Å². The first-order chi connectivity index (χ1) is 11.2. The average Bonchev–Trinajstić information content (AvgIpc) is 2.96. The van der Waals surface area contributed by atoms with Crippen LogP contribution in [0, 0.1) is 5.82 Å². The largest absolute Gasteiger partial charge is 0.351 e. The molecule has 2 aromatic carbocycles. The van der Waals surface area contributed by atoms with Crippen LogP contribution in [0.1, 0.15) is 27.0 Å². The lowest BCUT2D eigenvalue weighted by Crippen LogP contribution is -2.29. The lowest BCUT2D eigenvalue weighted by atomic mass is 10.1. The molecule has 3 N–H and O–H groups in total. The molecule has 1 heterocycles. The van der Waals surface area contributed by atoms with E-state index in [4.69, 9.17) is 5.73 Å². The molecule has 1 aliphatic heterocycles. The van der Waals surface area contributed by atoms with Crippen molar-refractivity contribution in [3.63, 3.8) is 0 Å². The molecule has 3 rings (SSSR count). The number of carbonyl (C=O) groups is 1. The summed E-state index contributed by atoms with van der Waals surface area (Å²) in [7, 11) is 0. The molecule has 0 aromatic heterocycles. The van der Waals surface area contributed by atoms with Gasteiger partial charge in [0, 0.05) is 38.3 Å². The number of nitrogens with one attached hydrogen (secondary N) is 1. The number of nitrogens with two attached hydrogens (primary N) is 1. The molecule has 120 valence electrons. The number of amides is 1. The number of benzene rings is 2. The van der Waals surface area contributed by atoms with Crippen LogP contribution >= 0.6 is 0 Å². The van der Waals surface area contributed by atoms with Crippen LogP contribution in [0.25, 0.3) is 0 Å². The van der Waals surface area contributed by atoms with Gasteiger partial charge in [-0.2, -0.15) is 0 Å². The fraction of sp³-hybridized carbons (Fsp3) is 0.278. The van der Waals surface area contributed by atoms with E-state index in [2.05, 4.69) is 10.2 Å². The Balaban J connectivity index is 1.66. The Labute approximate surface area is 135 Å². The second-order valence-electron chi connectivity index (χ2n) is 5.80. The van der Waals surface area contributed by atoms with Crippen molar-refractivity contribution in [3.05, 3.63) is 70.5 Å². The molecule has 0 radical (unpaired) electrons. The normalized spacial score (nSPS) is 13.8. The van der Waals surface area contributed by atoms with Crippen LogP contribution in [0.4, 0.5) is 4.39 Å². The lowest BCUT2D eigenvalue weighted by molar-refractivity contribution is 0.0954. The van der Waals surface area contributed by atoms with Crippen LogP contribution < -0.4 is 11.1 Å². The fourth-order valence-electron chi connectivity index (χ4n) is 2.85. The van der Waals surface area contributed by atoms with E-state index in [1.807, 2.05) is 30.3 Å². The maximum atomic E-state index is 13.0. The van der Waals surface area contributed by atoms with Crippen LogP contribution in [0.15, 0.2) is 42.5 Å². The maximum Gasteiger partial charge on any atom is 0.251 e. The van der Waals surface area contributed by atoms with E-state index in [1.54, 1.807) is 0 Å². The molecular weight excluding hydrogens is 293 g/mol. The number of hydrogen-bond donors (Lipinski definition) is 2. The minimum atomic E-state index is -0.216. The summed E-state index contributed by atoms with van der Waals surface area (Å²) in [6.45, 7) is 3.32. The Bertz CT molecular complexity index is 700. The van der Waals surface area contributed by atoms with E-state index < -0.39 is 0 Å². The highest BCUT2D eigenvalue weighted by molar-refractivity contribution is 5.94. The van der Waals surface area contributed by atoms with Crippen molar-refractivity contribution >= 4 is 5.91 Å². The third-order valence-corrected chi connectivity index (χ3v) is 4.01. The van der Waals surface area contributed by atoms with Gasteiger partial charge in [-0.15, -0.1) is 0 Å². The van der Waals surface area contributed by atoms with E-state index >= 15 is 0 Å². The zero-order valence-corrected chi connectivity index (χ0v) is 12.9. The SMILES string of the molecule is NCCNC(=O)c1ccc2c(c1)CN(Cc1ccc(F)cc1)C2. The molecule has 2 aromatic rings. The highest BCUT2D eigenvalue weighted by Gasteiger charge is 2.20. The zero-order chi connectivity index (χ0) is 16.2. The van der Waals surface area contributed by atoms with Crippen LogP contribution in [-0.2, 0) is 19.6 Å². The first-order valence-corrected chi connectivity index (χ1v) is 7.72. The Kier molecular flexibility index (Phi) is 4.69. The summed E-state index contributed by atoms with van der Waals surface area (Å²) in [6.07, 6.45) is 0. The minimum Gasteiger partial charge on any atom is -0.351 e. The van der Waals surface area contributed by atoms with Gasteiger partial charge in [-0.25, -0.2) is 4.39 Å². The van der Waals surface area contributed by atoms with Gasteiger partial charge in [0.25, 0.3) is 5.91 Å². The van der Waals surface area contributed by atoms with E-state index in [9.17, 15) is 9.18 Å². The topological polar surface area (TPSA) is 58.4 Å². The molecule has 0 atom stereocenters. The predicted octanol–water partition coefficient (Wildman–Crippen LogP) is 2.03. The van der Waals surface area contributed by atoms with Crippen molar-refractivity contribution in [1.82, 2.24) is 10.2 Å². The Morgan fingerprint density at radius 3 is 2.61 bits per heavy atom. The summed E-state index contributed by atoms with van der Waals surface area (Å²) < 4.78 is 13.0. The summed E-state index contributed by atoms with van der Waals surface area (Å²) in [6, 6.07) is 12.4. The molecule has 0 aliphatic carbocycles. The van der Waals surface area contributed by atoms with E-state index in [0.717, 1.165) is 25.2 Å². The smallest absolute Gasteiger partial charge is 0.251 e. The van der Waals surface area contributed by atoms with Gasteiger partial charge in [-0.3, -0.25) is 9.69 Å². The maximum absolute atomic E-state index is 13.0. The summed E-state index contributed by atoms with van der Waals surface area (Å²) in [5.41, 5.74) is 9.56. The second kappa shape index (κ2) is 6.89. The molecule has 0 bridgehead atoms. The van der Waals surface area contributed by atoms with Crippen molar-refractivity contribution in [2.75, 3.05) is 13.1 Å². The summed E-state index contributed by atoms with van der Waals surface area (Å²) in [5, 5.41) is 2.78. The molecule has 5 heteroatoms. The number of fused-ring (bicyclic) bond motifs is 1. The Morgan fingerprint density at radius 2 is 1.87 bits per heavy atom. The fourth-order valence-corrected chi connectivity index (χ4v) is 2.85. The molecule has 4 nitrogen and oxygen atoms in total. The highest BCUT2D eigenvalue weighted by Crippen LogP contribution is 2.25. The average molecular weight is 313 g/mol. The third kappa shape index (κ3) is 3.75. The molecule has 0 spiro atoms. The summed E-state index contributed by atoms with van der Waals surface area (Å²) in [5.74, 6) is -0.304. The molecule has 1 aliphatic rings. The molecule has 0 saturated carbocycles. The van der Waals surface area contributed by atoms with E-state index in [-0.39, 0.29) is 11.7 Å². The van der Waals surface area contributed by atoms with Crippen LogP contribution in [0.3, 0.4) is 0 Å². The van der Waals surface area contributed by atoms with Crippen molar-refractivity contribution in [1.29, 1.82) is 0 Å². The van der Waals surface area contributed by atoms with Gasteiger partial charge in [-0.05, 0) is 41.0 Å². The summed E-state index contributed by atoms with van der Waals surface area (Å²) in [4.78, 5) is 14.3. The van der Waals surface area contributed by atoms with E-state index in [1.165, 1.54) is 23.3 Å². The molecule has 23 heavy (non-hydrogen) atoms. The van der Waals surface area contributed by atoms with Crippen molar-refractivity contribution in [3.8, 4) is 0 Å². The van der Waals surface area contributed by atoms with Crippen LogP contribution in [0.5, 0.6) is 0 Å². The quantitative estimate of drug-likeness (QED) is 0.888. The predicted molar refractivity (Wildman–Crippen MR) is 87.2 cm³/mol. The second-order valence-corrected chi connectivity index (χ2v) is 5.80. The zero-order valence-electron chi connectivity index (χ0n) is 12.9. The van der Waals surface area contributed by atoms with Gasteiger partial charge < -0.3 is 11.1 Å². The van der Waals surface area contributed by atoms with Crippen LogP contribution in [0.2, 0.25) is 0 Å².